The van der Waals surface area contributed by atoms with Crippen LogP contribution in [0, 0.1) is 6.92 Å². The summed E-state index contributed by atoms with van der Waals surface area (Å²) >= 11 is 0. The van der Waals surface area contributed by atoms with E-state index in [1.165, 1.54) is 4.90 Å². The van der Waals surface area contributed by atoms with Gasteiger partial charge in [-0.05, 0) is 31.0 Å². The molecule has 1 atom stereocenters. The molecule has 0 radical (unpaired) electrons. The zero-order valence-corrected chi connectivity index (χ0v) is 18.4. The second-order valence-corrected chi connectivity index (χ2v) is 7.18. The van der Waals surface area contributed by atoms with Crippen molar-refractivity contribution >= 4 is 12.4 Å². The number of aryl methyl sites for hydroxylation is 2. The van der Waals surface area contributed by atoms with Crippen molar-refractivity contribution in [2.24, 2.45) is 7.05 Å². The smallest absolute Gasteiger partial charge is 0.290 e. The Kier molecular flexibility index (Phi) is 8.91. The number of hydrogen-bond donors (Lipinski definition) is 2. The van der Waals surface area contributed by atoms with Gasteiger partial charge in [0.2, 0.25) is 0 Å². The molecule has 0 saturated carbocycles. The number of carbonyl (C=O) groups is 2. The van der Waals surface area contributed by atoms with Crippen LogP contribution < -0.4 is 5.56 Å². The molecule has 0 spiro atoms. The Balaban J connectivity index is 0.00000114. The minimum Gasteiger partial charge on any atom is -0.483 e. The van der Waals surface area contributed by atoms with Crippen LogP contribution in [0.4, 0.5) is 0 Å². The Morgan fingerprint density at radius 2 is 1.88 bits per heavy atom. The fraction of sp³-hybridized carbons (Fsp3) is 0.304. The number of hydrogen-bond acceptors (Lipinski definition) is 5. The molecule has 9 nitrogen and oxygen atoms in total. The van der Waals surface area contributed by atoms with Gasteiger partial charge in [0.15, 0.2) is 0 Å². The summed E-state index contributed by atoms with van der Waals surface area (Å²) in [5, 5.41) is 16.3. The third-order valence-electron chi connectivity index (χ3n) is 5.15. The molecule has 2 N–H and O–H groups in total. The highest BCUT2D eigenvalue weighted by Crippen LogP contribution is 2.17. The number of aromatic nitrogens is 3. The Morgan fingerprint density at radius 3 is 2.44 bits per heavy atom. The van der Waals surface area contributed by atoms with Crippen molar-refractivity contribution in [3.63, 3.8) is 0 Å². The van der Waals surface area contributed by atoms with Gasteiger partial charge in [-0.15, -0.1) is 0 Å². The van der Waals surface area contributed by atoms with Crippen LogP contribution in [0.3, 0.4) is 0 Å². The summed E-state index contributed by atoms with van der Waals surface area (Å²) < 4.78 is 3.39. The van der Waals surface area contributed by atoms with Gasteiger partial charge in [0.05, 0.1) is 19.2 Å². The first-order valence-electron chi connectivity index (χ1n) is 10.1. The van der Waals surface area contributed by atoms with E-state index in [0.717, 1.165) is 5.56 Å². The second-order valence-electron chi connectivity index (χ2n) is 7.18. The first-order chi connectivity index (χ1) is 15.3. The number of imidazole rings is 1. The van der Waals surface area contributed by atoms with Gasteiger partial charge in [-0.1, -0.05) is 30.3 Å². The van der Waals surface area contributed by atoms with Crippen LogP contribution in [-0.4, -0.2) is 54.8 Å². The van der Waals surface area contributed by atoms with Gasteiger partial charge in [0, 0.05) is 32.2 Å². The summed E-state index contributed by atoms with van der Waals surface area (Å²) in [5.74, 6) is 0.275. The van der Waals surface area contributed by atoms with E-state index in [0.29, 0.717) is 11.4 Å². The molecule has 2 aromatic heterocycles. The number of carboxylic acid groups (broad SMARTS) is 1. The van der Waals surface area contributed by atoms with Gasteiger partial charge in [-0.2, -0.15) is 0 Å². The molecule has 170 valence electrons. The number of aliphatic hydroxyl groups excluding tert-OH is 1. The lowest BCUT2D eigenvalue weighted by Crippen LogP contribution is -2.39. The third-order valence-corrected chi connectivity index (χ3v) is 5.15. The standard InChI is InChI=1S/C22H26N4O3.CH2O2/c1-16-9-11-26(17(2)18-7-5-4-6-8-18)22(29)20(16)21(28)25(13-14-27)15-19-23-10-12-24(19)3;2-1-3/h4-12,17,27H,13-15H2,1-3H3;1H,(H,2,3). The lowest BCUT2D eigenvalue weighted by molar-refractivity contribution is -0.122. The molecule has 1 amide bonds. The van der Waals surface area contributed by atoms with Gasteiger partial charge in [0.1, 0.15) is 11.4 Å². The van der Waals surface area contributed by atoms with Crippen LogP contribution in [0.25, 0.3) is 0 Å². The Morgan fingerprint density at radius 1 is 1.22 bits per heavy atom. The maximum atomic E-state index is 13.3. The highest BCUT2D eigenvalue weighted by Gasteiger charge is 2.24. The molecule has 9 heteroatoms. The van der Waals surface area contributed by atoms with Gasteiger partial charge in [0.25, 0.3) is 17.9 Å². The van der Waals surface area contributed by atoms with Crippen LogP contribution >= 0.6 is 0 Å². The van der Waals surface area contributed by atoms with Crippen molar-refractivity contribution < 1.29 is 19.8 Å². The van der Waals surface area contributed by atoms with Crippen LogP contribution in [0.1, 0.15) is 40.3 Å². The maximum Gasteiger partial charge on any atom is 0.290 e. The second kappa shape index (κ2) is 11.6. The lowest BCUT2D eigenvalue weighted by atomic mass is 10.1. The van der Waals surface area contributed by atoms with E-state index in [4.69, 9.17) is 9.90 Å². The number of benzene rings is 1. The van der Waals surface area contributed by atoms with Crippen molar-refractivity contribution in [2.45, 2.75) is 26.4 Å². The minimum absolute atomic E-state index is 0.119. The Labute approximate surface area is 186 Å². The fourth-order valence-corrected chi connectivity index (χ4v) is 3.35. The summed E-state index contributed by atoms with van der Waals surface area (Å²) in [6.45, 7) is 3.57. The highest BCUT2D eigenvalue weighted by atomic mass is 16.3. The lowest BCUT2D eigenvalue weighted by Gasteiger charge is -2.23. The molecule has 0 fully saturated rings. The van der Waals surface area contributed by atoms with E-state index in [9.17, 15) is 14.7 Å². The average molecular weight is 441 g/mol. The highest BCUT2D eigenvalue weighted by molar-refractivity contribution is 5.95. The molecular weight excluding hydrogens is 412 g/mol. The third kappa shape index (κ3) is 5.70. The molecule has 0 saturated heterocycles. The van der Waals surface area contributed by atoms with Crippen molar-refractivity contribution in [3.05, 3.63) is 87.9 Å². The van der Waals surface area contributed by atoms with Gasteiger partial charge < -0.3 is 24.2 Å². The summed E-state index contributed by atoms with van der Waals surface area (Å²) in [7, 11) is 1.84. The number of nitrogens with zero attached hydrogens (tertiary/aromatic N) is 4. The maximum absolute atomic E-state index is 13.3. The topological polar surface area (TPSA) is 118 Å². The SMILES string of the molecule is Cc1ccn(C(C)c2ccccc2)c(=O)c1C(=O)N(CCO)Cc1nccn1C.O=CO. The van der Waals surface area contributed by atoms with Crippen LogP contribution in [0.5, 0.6) is 0 Å². The summed E-state index contributed by atoms with van der Waals surface area (Å²) in [4.78, 5) is 40.6. The summed E-state index contributed by atoms with van der Waals surface area (Å²) in [6.07, 6.45) is 5.17. The summed E-state index contributed by atoms with van der Waals surface area (Å²) in [6, 6.07) is 11.3. The average Bonchev–Trinajstić information content (AvgIpc) is 3.18. The van der Waals surface area contributed by atoms with E-state index in [1.54, 1.807) is 36.1 Å². The van der Waals surface area contributed by atoms with Gasteiger partial charge in [-0.25, -0.2) is 4.98 Å². The van der Waals surface area contributed by atoms with E-state index in [1.807, 2.05) is 48.9 Å². The first-order valence-corrected chi connectivity index (χ1v) is 10.1. The molecule has 1 unspecified atom stereocenters. The number of carbonyl (C=O) groups excluding carboxylic acids is 1. The van der Waals surface area contributed by atoms with E-state index in [2.05, 4.69) is 4.98 Å². The number of pyridine rings is 1. The minimum atomic E-state index is -0.404. The normalized spacial score (nSPS) is 11.2. The first kappa shape index (κ1) is 24.5. The van der Waals surface area contributed by atoms with Crippen LogP contribution in [0.15, 0.2) is 59.8 Å². The largest absolute Gasteiger partial charge is 0.483 e. The number of amides is 1. The molecule has 0 aliphatic heterocycles. The predicted molar refractivity (Wildman–Crippen MR) is 119 cm³/mol. The molecule has 3 aromatic rings. The van der Waals surface area contributed by atoms with Gasteiger partial charge >= 0.3 is 0 Å². The molecule has 2 heterocycles. The summed E-state index contributed by atoms with van der Waals surface area (Å²) in [5.41, 5.74) is 1.38. The molecule has 0 aliphatic rings. The van der Waals surface area contributed by atoms with Crippen molar-refractivity contribution in [3.8, 4) is 0 Å². The number of rotatable bonds is 7. The predicted octanol–water partition coefficient (Wildman–Crippen LogP) is 1.84. The molecular formula is C23H28N4O5. The Bertz CT molecular complexity index is 1090. The monoisotopic (exact) mass is 440 g/mol. The zero-order chi connectivity index (χ0) is 23.7. The van der Waals surface area contributed by atoms with E-state index >= 15 is 0 Å². The van der Waals surface area contributed by atoms with Crippen LogP contribution in [0.2, 0.25) is 0 Å². The molecule has 0 aliphatic carbocycles. The van der Waals surface area contributed by atoms with Crippen molar-refractivity contribution in [1.29, 1.82) is 0 Å². The zero-order valence-electron chi connectivity index (χ0n) is 18.4. The van der Waals surface area contributed by atoms with Crippen molar-refractivity contribution in [1.82, 2.24) is 19.0 Å². The van der Waals surface area contributed by atoms with Crippen LogP contribution in [-0.2, 0) is 18.4 Å². The molecule has 0 bridgehead atoms. The quantitative estimate of drug-likeness (QED) is 0.542. The van der Waals surface area contributed by atoms with Crippen molar-refractivity contribution in [2.75, 3.05) is 13.2 Å². The Hall–Kier alpha value is -3.72. The fourth-order valence-electron chi connectivity index (χ4n) is 3.35. The molecule has 3 rings (SSSR count). The number of aliphatic hydroxyl groups is 1. The van der Waals surface area contributed by atoms with E-state index < -0.39 is 5.91 Å². The van der Waals surface area contributed by atoms with E-state index in [-0.39, 0.29) is 43.3 Å². The molecule has 32 heavy (non-hydrogen) atoms. The van der Waals surface area contributed by atoms with Gasteiger partial charge in [-0.3, -0.25) is 14.4 Å². The molecule has 1 aromatic carbocycles.